The van der Waals surface area contributed by atoms with Gasteiger partial charge in [0.25, 0.3) is 0 Å². The van der Waals surface area contributed by atoms with Crippen LogP contribution in [0.1, 0.15) is 31.6 Å². The summed E-state index contributed by atoms with van der Waals surface area (Å²) in [6.07, 6.45) is 2.48. The van der Waals surface area contributed by atoms with Crippen molar-refractivity contribution in [1.29, 1.82) is 0 Å². The first-order chi connectivity index (χ1) is 8.36. The number of tetrazole rings is 1. The average Bonchev–Trinajstić information content (AvgIpc) is 3.11. The summed E-state index contributed by atoms with van der Waals surface area (Å²) in [5.74, 6) is 1.04. The number of hydrogen-bond donors (Lipinski definition) is 0. The Labute approximate surface area is 102 Å². The van der Waals surface area contributed by atoms with Gasteiger partial charge in [0.1, 0.15) is 0 Å². The first kappa shape index (κ1) is 11.1. The molecule has 6 heteroatoms. The van der Waals surface area contributed by atoms with E-state index in [9.17, 15) is 0 Å². The summed E-state index contributed by atoms with van der Waals surface area (Å²) in [7, 11) is 0. The number of nitrogens with zero attached hydrogens (tertiary/aromatic N) is 6. The molecule has 0 aromatic carbocycles. The van der Waals surface area contributed by atoms with Crippen molar-refractivity contribution in [3.8, 4) is 0 Å². The second-order valence-corrected chi connectivity index (χ2v) is 4.98. The molecule has 1 aromatic heterocycles. The van der Waals surface area contributed by atoms with Gasteiger partial charge in [0, 0.05) is 26.2 Å². The molecule has 1 aliphatic carbocycles. The highest BCUT2D eigenvalue weighted by molar-refractivity contribution is 4.91. The Morgan fingerprint density at radius 1 is 1.12 bits per heavy atom. The number of aromatic nitrogens is 4. The molecular formula is C11H20N6. The van der Waals surface area contributed by atoms with Crippen LogP contribution in [-0.2, 0) is 6.54 Å². The van der Waals surface area contributed by atoms with Crippen LogP contribution in [-0.4, -0.2) is 62.7 Å². The lowest BCUT2D eigenvalue weighted by Crippen LogP contribution is -2.45. The molecule has 1 saturated heterocycles. The Morgan fingerprint density at radius 3 is 2.47 bits per heavy atom. The van der Waals surface area contributed by atoms with Crippen molar-refractivity contribution in [3.05, 3.63) is 5.82 Å². The zero-order valence-electron chi connectivity index (χ0n) is 10.4. The maximum atomic E-state index is 4.16. The lowest BCUT2D eigenvalue weighted by molar-refractivity contribution is 0.128. The van der Waals surface area contributed by atoms with Crippen LogP contribution in [0.5, 0.6) is 0 Å². The van der Waals surface area contributed by atoms with Gasteiger partial charge in [-0.15, -0.1) is 5.10 Å². The van der Waals surface area contributed by atoms with Crippen LogP contribution in [0.2, 0.25) is 0 Å². The maximum absolute atomic E-state index is 4.16. The van der Waals surface area contributed by atoms with Crippen LogP contribution < -0.4 is 0 Å². The van der Waals surface area contributed by atoms with Crippen LogP contribution in [0.15, 0.2) is 0 Å². The van der Waals surface area contributed by atoms with E-state index < -0.39 is 0 Å². The smallest absolute Gasteiger partial charge is 0.165 e. The molecule has 0 atom stereocenters. The molecule has 17 heavy (non-hydrogen) atoms. The summed E-state index contributed by atoms with van der Waals surface area (Å²) < 4.78 is 2.02. The Bertz CT molecular complexity index is 364. The van der Waals surface area contributed by atoms with E-state index in [0.717, 1.165) is 32.0 Å². The molecule has 6 nitrogen and oxygen atoms in total. The lowest BCUT2D eigenvalue weighted by Gasteiger charge is -2.33. The van der Waals surface area contributed by atoms with Crippen molar-refractivity contribution < 1.29 is 0 Å². The first-order valence-corrected chi connectivity index (χ1v) is 6.58. The third-order valence-corrected chi connectivity index (χ3v) is 3.73. The summed E-state index contributed by atoms with van der Waals surface area (Å²) in [5, 5.41) is 12.1. The van der Waals surface area contributed by atoms with E-state index in [2.05, 4.69) is 32.2 Å². The Morgan fingerprint density at radius 2 is 1.82 bits per heavy atom. The molecule has 1 aliphatic heterocycles. The number of hydrogen-bond acceptors (Lipinski definition) is 5. The standard InChI is InChI=1S/C11H20N6/c1-2-15-5-7-16(8-6-15)9-11-12-13-14-17(11)10-3-4-10/h10H,2-9H2,1H3. The van der Waals surface area contributed by atoms with Crippen molar-refractivity contribution in [1.82, 2.24) is 30.0 Å². The van der Waals surface area contributed by atoms with E-state index in [1.165, 1.54) is 25.9 Å². The fourth-order valence-corrected chi connectivity index (χ4v) is 2.38. The number of likely N-dealkylation sites (N-methyl/N-ethyl adjacent to an activating group) is 1. The van der Waals surface area contributed by atoms with E-state index in [0.29, 0.717) is 6.04 Å². The highest BCUT2D eigenvalue weighted by atomic mass is 15.6. The van der Waals surface area contributed by atoms with Crippen molar-refractivity contribution in [2.24, 2.45) is 0 Å². The minimum Gasteiger partial charge on any atom is -0.301 e. The van der Waals surface area contributed by atoms with E-state index in [1.807, 2.05) is 4.68 Å². The van der Waals surface area contributed by atoms with E-state index in [-0.39, 0.29) is 0 Å². The molecule has 0 unspecified atom stereocenters. The van der Waals surface area contributed by atoms with Gasteiger partial charge in [-0.05, 0) is 29.8 Å². The predicted octanol–water partition coefficient (Wildman–Crippen LogP) is 0.145. The zero-order valence-corrected chi connectivity index (χ0v) is 10.4. The molecule has 2 heterocycles. The van der Waals surface area contributed by atoms with Crippen molar-refractivity contribution in [2.75, 3.05) is 32.7 Å². The molecule has 0 bridgehead atoms. The van der Waals surface area contributed by atoms with Gasteiger partial charge in [-0.25, -0.2) is 4.68 Å². The molecule has 94 valence electrons. The van der Waals surface area contributed by atoms with Gasteiger partial charge in [0.15, 0.2) is 5.82 Å². The quantitative estimate of drug-likeness (QED) is 0.744. The number of rotatable bonds is 4. The lowest BCUT2D eigenvalue weighted by atomic mass is 10.3. The summed E-state index contributed by atoms with van der Waals surface area (Å²) in [5.41, 5.74) is 0. The fraction of sp³-hybridized carbons (Fsp3) is 0.909. The summed E-state index contributed by atoms with van der Waals surface area (Å²) >= 11 is 0. The van der Waals surface area contributed by atoms with Crippen molar-refractivity contribution >= 4 is 0 Å². The molecule has 0 spiro atoms. The van der Waals surface area contributed by atoms with Gasteiger partial charge in [0.05, 0.1) is 12.6 Å². The second kappa shape index (κ2) is 4.70. The summed E-state index contributed by atoms with van der Waals surface area (Å²) in [6.45, 7) is 8.89. The zero-order chi connectivity index (χ0) is 11.7. The third kappa shape index (κ3) is 2.47. The molecule has 0 N–H and O–H groups in total. The van der Waals surface area contributed by atoms with Crippen LogP contribution in [0.4, 0.5) is 0 Å². The maximum Gasteiger partial charge on any atom is 0.165 e. The van der Waals surface area contributed by atoms with Gasteiger partial charge < -0.3 is 4.90 Å². The minimum atomic E-state index is 0.580. The van der Waals surface area contributed by atoms with Crippen molar-refractivity contribution in [3.63, 3.8) is 0 Å². The summed E-state index contributed by atoms with van der Waals surface area (Å²) in [4.78, 5) is 4.94. The van der Waals surface area contributed by atoms with Gasteiger partial charge >= 0.3 is 0 Å². The minimum absolute atomic E-state index is 0.580. The Balaban J connectivity index is 1.58. The summed E-state index contributed by atoms with van der Waals surface area (Å²) in [6, 6.07) is 0.580. The third-order valence-electron chi connectivity index (χ3n) is 3.73. The predicted molar refractivity (Wildman–Crippen MR) is 63.5 cm³/mol. The van der Waals surface area contributed by atoms with Crippen LogP contribution >= 0.6 is 0 Å². The van der Waals surface area contributed by atoms with Crippen LogP contribution in [0.25, 0.3) is 0 Å². The number of piperazine rings is 1. The molecule has 2 aliphatic rings. The molecule has 1 saturated carbocycles. The largest absolute Gasteiger partial charge is 0.301 e. The molecule has 1 aromatic rings. The van der Waals surface area contributed by atoms with Gasteiger partial charge in [-0.1, -0.05) is 6.92 Å². The Hall–Kier alpha value is -1.01. The normalized spacial score (nSPS) is 23.1. The van der Waals surface area contributed by atoms with Crippen LogP contribution in [0.3, 0.4) is 0 Å². The van der Waals surface area contributed by atoms with E-state index >= 15 is 0 Å². The molecule has 3 rings (SSSR count). The SMILES string of the molecule is CCN1CCN(Cc2nnnn2C2CC2)CC1. The van der Waals surface area contributed by atoms with Gasteiger partial charge in [-0.3, -0.25) is 4.90 Å². The monoisotopic (exact) mass is 236 g/mol. The molecule has 0 radical (unpaired) electrons. The first-order valence-electron chi connectivity index (χ1n) is 6.58. The van der Waals surface area contributed by atoms with Crippen molar-refractivity contribution in [2.45, 2.75) is 32.4 Å². The van der Waals surface area contributed by atoms with Gasteiger partial charge in [0.2, 0.25) is 0 Å². The average molecular weight is 236 g/mol. The topological polar surface area (TPSA) is 50.1 Å². The second-order valence-electron chi connectivity index (χ2n) is 4.98. The highest BCUT2D eigenvalue weighted by Crippen LogP contribution is 2.34. The molecular weight excluding hydrogens is 216 g/mol. The molecule has 0 amide bonds. The Kier molecular flexibility index (Phi) is 3.07. The molecule has 2 fully saturated rings. The fourth-order valence-electron chi connectivity index (χ4n) is 2.38. The van der Waals surface area contributed by atoms with E-state index in [4.69, 9.17) is 0 Å². The highest BCUT2D eigenvalue weighted by Gasteiger charge is 2.28. The van der Waals surface area contributed by atoms with E-state index in [1.54, 1.807) is 0 Å². The van der Waals surface area contributed by atoms with Gasteiger partial charge in [-0.2, -0.15) is 0 Å². The van der Waals surface area contributed by atoms with Crippen LogP contribution in [0, 0.1) is 0 Å².